The van der Waals surface area contributed by atoms with Crippen LogP contribution < -0.4 is 39.0 Å². The van der Waals surface area contributed by atoms with Crippen molar-refractivity contribution in [2.45, 2.75) is 116 Å². The summed E-state index contributed by atoms with van der Waals surface area (Å²) in [7, 11) is 3.77. The smallest absolute Gasteiger partial charge is 0.870 e. The molecule has 0 aliphatic heterocycles. The summed E-state index contributed by atoms with van der Waals surface area (Å²) >= 11 is 0. The van der Waals surface area contributed by atoms with Gasteiger partial charge in [-0.15, -0.1) is 24.7 Å². The molecule has 0 fully saturated rings. The minimum absolute atomic E-state index is 0. The molecular weight excluding hydrogens is 731 g/mol. The number of hydrogen-bond acceptors (Lipinski definition) is 10. The van der Waals surface area contributed by atoms with Crippen LogP contribution in [0.1, 0.15) is 112 Å². The average molecular weight is 793 g/mol. The molecule has 2 aromatic carbocycles. The minimum Gasteiger partial charge on any atom is -0.870 e. The monoisotopic (exact) mass is 792 g/mol. The first-order valence-electron chi connectivity index (χ1n) is 18.5. The number of methoxy groups -OCH3 is 2. The van der Waals surface area contributed by atoms with Gasteiger partial charge >= 0.3 is 53.4 Å². The molecule has 12 nitrogen and oxygen atoms in total. The first-order valence-corrected chi connectivity index (χ1v) is 18.5. The zero-order valence-electron chi connectivity index (χ0n) is 33.8. The molecule has 4 N–H and O–H groups in total. The molecule has 0 aliphatic carbocycles. The molecule has 0 saturated carbocycles. The van der Waals surface area contributed by atoms with Gasteiger partial charge in [0.1, 0.15) is 11.5 Å². The molecule has 0 bridgehead atoms. The van der Waals surface area contributed by atoms with Gasteiger partial charge in [0.2, 0.25) is 0 Å². The number of carbonyl (C=O) groups excluding carboxylic acids is 2. The van der Waals surface area contributed by atoms with Crippen molar-refractivity contribution < 1.29 is 88.5 Å². The summed E-state index contributed by atoms with van der Waals surface area (Å²) in [5.74, 6) is 4.54. The number of aliphatic hydroxyl groups is 1. The fraction of sp³-hybridized carbons (Fsp3) is 0.535. The molecule has 0 radical (unpaired) electrons. The van der Waals surface area contributed by atoms with Gasteiger partial charge < -0.3 is 39.7 Å². The fourth-order valence-corrected chi connectivity index (χ4v) is 5.43. The molecule has 306 valence electrons. The van der Waals surface area contributed by atoms with Crippen LogP contribution in [-0.4, -0.2) is 79.2 Å². The van der Waals surface area contributed by atoms with E-state index in [0.717, 1.165) is 93.8 Å². The summed E-state index contributed by atoms with van der Waals surface area (Å²) in [4.78, 5) is 44.3. The van der Waals surface area contributed by atoms with Crippen molar-refractivity contribution in [3.63, 3.8) is 0 Å². The number of hydrogen-bond donors (Lipinski definition) is 3. The van der Waals surface area contributed by atoms with Crippen LogP contribution in [0, 0.1) is 24.7 Å². The van der Waals surface area contributed by atoms with Gasteiger partial charge in [-0.1, -0.05) is 37.1 Å². The summed E-state index contributed by atoms with van der Waals surface area (Å²) in [6.45, 7) is 0.726. The maximum atomic E-state index is 11.6. The first-order chi connectivity index (χ1) is 26.2. The number of rotatable bonds is 26. The number of benzene rings is 2. The van der Waals surface area contributed by atoms with E-state index in [1.807, 2.05) is 30.3 Å². The van der Waals surface area contributed by atoms with E-state index in [2.05, 4.69) is 22.6 Å². The quantitative estimate of drug-likeness (QED) is 0.0538. The number of aliphatic hydroxyl groups excluding tert-OH is 1. The predicted octanol–water partition coefficient (Wildman–Crippen LogP) is 3.98. The number of carboxylic acids is 2. The second-order valence-corrected chi connectivity index (χ2v) is 12.2. The van der Waals surface area contributed by atoms with Gasteiger partial charge in [-0.25, -0.2) is 0 Å². The predicted molar refractivity (Wildman–Crippen MR) is 210 cm³/mol. The Balaban J connectivity index is -0.000000931. The first kappa shape index (κ1) is 56.3. The maximum Gasteiger partial charge on any atom is 1.00 e. The summed E-state index contributed by atoms with van der Waals surface area (Å²) in [5, 5.41) is 24.7. The van der Waals surface area contributed by atoms with Crippen molar-refractivity contribution in [1.82, 2.24) is 0 Å². The maximum absolute atomic E-state index is 11.6. The number of aliphatic carboxylic acids is 2. The van der Waals surface area contributed by atoms with E-state index in [4.69, 9.17) is 42.4 Å². The molecule has 0 amide bonds. The van der Waals surface area contributed by atoms with E-state index in [-0.39, 0.29) is 59.8 Å². The van der Waals surface area contributed by atoms with Gasteiger partial charge in [0.15, 0.2) is 0 Å². The van der Waals surface area contributed by atoms with Crippen LogP contribution in [0.5, 0.6) is 11.5 Å². The number of terminal acetylenes is 2. The van der Waals surface area contributed by atoms with Crippen molar-refractivity contribution in [2.24, 2.45) is 0 Å². The molecule has 0 saturated heterocycles. The largest absolute Gasteiger partial charge is 1.00 e. The van der Waals surface area contributed by atoms with Crippen molar-refractivity contribution in [1.29, 1.82) is 0 Å². The van der Waals surface area contributed by atoms with Crippen LogP contribution in [-0.2, 0) is 54.3 Å². The summed E-state index contributed by atoms with van der Waals surface area (Å²) in [5.41, 5.74) is 4.23. The van der Waals surface area contributed by atoms with Crippen LogP contribution in [0.4, 0.5) is 0 Å². The molecule has 2 aromatic rings. The second-order valence-electron chi connectivity index (χ2n) is 12.2. The topological polar surface area (TPSA) is 196 Å². The average Bonchev–Trinajstić information content (AvgIpc) is 3.17. The summed E-state index contributed by atoms with van der Waals surface area (Å²) in [6, 6.07) is 11.7. The van der Waals surface area contributed by atoms with Gasteiger partial charge in [0.25, 0.3) is 0 Å². The molecule has 0 atom stereocenters. The number of carbonyl (C=O) groups is 4. The summed E-state index contributed by atoms with van der Waals surface area (Å²) < 4.78 is 21.0. The molecule has 0 heterocycles. The zero-order valence-corrected chi connectivity index (χ0v) is 35.8. The third-order valence-electron chi connectivity index (χ3n) is 8.19. The van der Waals surface area contributed by atoms with E-state index in [0.29, 0.717) is 57.5 Å². The number of carboxylic acid groups (broad SMARTS) is 2. The molecule has 0 aliphatic rings. The van der Waals surface area contributed by atoms with Crippen molar-refractivity contribution in [3.05, 3.63) is 58.7 Å². The molecular formula is C43H61NaO12. The van der Waals surface area contributed by atoms with Crippen molar-refractivity contribution >= 4 is 23.9 Å². The Bertz CT molecular complexity index is 1460. The van der Waals surface area contributed by atoms with Crippen LogP contribution in [0.25, 0.3) is 0 Å². The Morgan fingerprint density at radius 1 is 0.571 bits per heavy atom. The van der Waals surface area contributed by atoms with E-state index in [1.54, 1.807) is 0 Å². The zero-order chi connectivity index (χ0) is 40.4. The third kappa shape index (κ3) is 27.5. The van der Waals surface area contributed by atoms with Crippen molar-refractivity contribution in [2.75, 3.05) is 34.5 Å². The van der Waals surface area contributed by atoms with Crippen LogP contribution in [0.3, 0.4) is 0 Å². The van der Waals surface area contributed by atoms with E-state index in [1.165, 1.54) is 19.8 Å². The standard InChI is InChI=1S/C22H30O5.C20H26O5.CH4O.Na.H2O/c1-4-5-6-7-8-11-18-12-9-13-20(19(18)15-16-22(24)26-3)27-17-10-14-21(23)25-2;1-2-3-4-5-6-9-16-10-7-11-18(17(16)13-14-20(23)24)25-15-8-12-19(21)22;1-2;;/h1,9,12-13H,5-8,10-11,14-17H2,2-3H3;1,7,10-11H,3-6,8-9,12-15H2,(H,21,22)(H,23,24);2H,1H3;;1H2/q;;;+1;/p-1. The molecule has 13 heteroatoms. The van der Waals surface area contributed by atoms with Crippen LogP contribution in [0.15, 0.2) is 36.4 Å². The van der Waals surface area contributed by atoms with Crippen LogP contribution >= 0.6 is 0 Å². The third-order valence-corrected chi connectivity index (χ3v) is 8.19. The number of unbranched alkanes of at least 4 members (excludes halogenated alkanes) is 6. The van der Waals surface area contributed by atoms with E-state index in [9.17, 15) is 19.2 Å². The minimum atomic E-state index is -0.851. The second kappa shape index (κ2) is 37.9. The number of esters is 2. The fourth-order valence-electron chi connectivity index (χ4n) is 5.43. The van der Waals surface area contributed by atoms with Crippen LogP contribution in [0.2, 0.25) is 0 Å². The number of ether oxygens (including phenoxy) is 4. The van der Waals surface area contributed by atoms with E-state index >= 15 is 0 Å². The number of aryl methyl sites for hydroxylation is 2. The Morgan fingerprint density at radius 3 is 1.39 bits per heavy atom. The molecule has 0 unspecified atom stereocenters. The molecule has 2 rings (SSSR count). The Kier molecular flexibility index (Phi) is 38.1. The van der Waals surface area contributed by atoms with Gasteiger partial charge in [-0.05, 0) is 98.6 Å². The van der Waals surface area contributed by atoms with Crippen molar-refractivity contribution in [3.8, 4) is 36.2 Å². The molecule has 0 aromatic heterocycles. The summed E-state index contributed by atoms with van der Waals surface area (Å²) in [6.07, 6.45) is 22.8. The van der Waals surface area contributed by atoms with Gasteiger partial charge in [-0.3, -0.25) is 19.2 Å². The normalized spacial score (nSPS) is 9.54. The SMILES string of the molecule is C#CCCCCCc1cccc(OCCCC(=O)O)c1CCC(=O)O.C#CCCCCCc1cccc(OCCCC(=O)OC)c1CCC(=O)OC.CO.[Na+].[OH-]. The van der Waals surface area contributed by atoms with Gasteiger partial charge in [-0.2, -0.15) is 0 Å². The molecule has 56 heavy (non-hydrogen) atoms. The Morgan fingerprint density at radius 2 is 0.982 bits per heavy atom. The Labute approximate surface area is 355 Å². The van der Waals surface area contributed by atoms with Gasteiger partial charge in [0.05, 0.1) is 27.4 Å². The molecule has 0 spiro atoms. The Hall–Kier alpha value is -4.04. The van der Waals surface area contributed by atoms with E-state index < -0.39 is 11.9 Å². The van der Waals surface area contributed by atoms with Gasteiger partial charge in [0, 0.05) is 45.6 Å².